The molecule has 5 heteroatoms. The van der Waals surface area contributed by atoms with Crippen LogP contribution in [0.1, 0.15) is 30.4 Å². The second-order valence-electron chi connectivity index (χ2n) is 5.87. The molecule has 1 aliphatic carbocycles. The maximum atomic E-state index is 13.6. The number of hydrogen-bond donors (Lipinski definition) is 1. The van der Waals surface area contributed by atoms with Gasteiger partial charge in [0.2, 0.25) is 5.91 Å². The van der Waals surface area contributed by atoms with Gasteiger partial charge in [-0.05, 0) is 60.7 Å². The summed E-state index contributed by atoms with van der Waals surface area (Å²) in [5.41, 5.74) is 1.01. The zero-order valence-electron chi connectivity index (χ0n) is 12.4. The van der Waals surface area contributed by atoms with Gasteiger partial charge in [0, 0.05) is 10.9 Å². The van der Waals surface area contributed by atoms with Crippen LogP contribution < -0.4 is 5.32 Å². The van der Waals surface area contributed by atoms with Gasteiger partial charge in [0.15, 0.2) is 0 Å². The highest BCUT2D eigenvalue weighted by atomic mass is 79.9. The third-order valence-corrected chi connectivity index (χ3v) is 4.68. The zero-order chi connectivity index (χ0) is 16.4. The van der Waals surface area contributed by atoms with Crippen molar-refractivity contribution in [3.63, 3.8) is 0 Å². The Labute approximate surface area is 142 Å². The lowest BCUT2D eigenvalue weighted by atomic mass is 10.0. The minimum Gasteiger partial charge on any atom is -0.347 e. The van der Waals surface area contributed by atoms with E-state index in [1.54, 1.807) is 0 Å². The number of carbonyl (C=O) groups is 1. The van der Waals surface area contributed by atoms with Gasteiger partial charge in [-0.1, -0.05) is 28.1 Å². The molecule has 0 saturated heterocycles. The normalized spacial score (nSPS) is 15.3. The first-order valence-electron chi connectivity index (χ1n) is 7.49. The summed E-state index contributed by atoms with van der Waals surface area (Å²) in [6.07, 6.45) is 2.12. The SMILES string of the molecule is O=C(CCc1cc(F)ccc1F)NC1(c2ccc(Br)cc2)CC1. The molecule has 0 aromatic heterocycles. The molecular weight excluding hydrogens is 364 g/mol. The Balaban J connectivity index is 1.61. The molecule has 1 fully saturated rings. The van der Waals surface area contributed by atoms with Crippen LogP contribution in [0.25, 0.3) is 0 Å². The van der Waals surface area contributed by atoms with E-state index in [2.05, 4.69) is 21.2 Å². The predicted octanol–water partition coefficient (Wildman–Crippen LogP) is 4.47. The Morgan fingerprint density at radius 2 is 1.83 bits per heavy atom. The fourth-order valence-electron chi connectivity index (χ4n) is 2.69. The number of rotatable bonds is 5. The molecule has 0 radical (unpaired) electrons. The first kappa shape index (κ1) is 16.1. The molecule has 120 valence electrons. The van der Waals surface area contributed by atoms with Crippen molar-refractivity contribution in [1.29, 1.82) is 0 Å². The number of halogens is 3. The fourth-order valence-corrected chi connectivity index (χ4v) is 2.96. The minimum absolute atomic E-state index is 0.138. The summed E-state index contributed by atoms with van der Waals surface area (Å²) in [5.74, 6) is -1.11. The van der Waals surface area contributed by atoms with Crippen molar-refractivity contribution in [3.8, 4) is 0 Å². The topological polar surface area (TPSA) is 29.1 Å². The lowest BCUT2D eigenvalue weighted by molar-refractivity contribution is -0.122. The molecule has 0 aliphatic heterocycles. The summed E-state index contributed by atoms with van der Waals surface area (Å²) in [6, 6.07) is 11.2. The molecule has 3 rings (SSSR count). The molecule has 0 atom stereocenters. The Bertz CT molecular complexity index is 726. The average molecular weight is 380 g/mol. The number of aryl methyl sites for hydroxylation is 1. The molecular formula is C18H16BrF2NO. The van der Waals surface area contributed by atoms with Crippen molar-refractivity contribution >= 4 is 21.8 Å². The Kier molecular flexibility index (Phi) is 4.48. The van der Waals surface area contributed by atoms with Crippen LogP contribution in [0.15, 0.2) is 46.9 Å². The van der Waals surface area contributed by atoms with Crippen molar-refractivity contribution in [3.05, 3.63) is 69.7 Å². The summed E-state index contributed by atoms with van der Waals surface area (Å²) in [4.78, 5) is 12.2. The largest absolute Gasteiger partial charge is 0.347 e. The van der Waals surface area contributed by atoms with Crippen molar-refractivity contribution < 1.29 is 13.6 Å². The summed E-state index contributed by atoms with van der Waals surface area (Å²) in [5, 5.41) is 3.04. The van der Waals surface area contributed by atoms with Crippen LogP contribution in [0.4, 0.5) is 8.78 Å². The van der Waals surface area contributed by atoms with Gasteiger partial charge in [-0.15, -0.1) is 0 Å². The van der Waals surface area contributed by atoms with Crippen LogP contribution in [0.3, 0.4) is 0 Å². The van der Waals surface area contributed by atoms with Gasteiger partial charge in [-0.3, -0.25) is 4.79 Å². The van der Waals surface area contributed by atoms with E-state index in [1.165, 1.54) is 0 Å². The molecule has 0 heterocycles. The molecule has 2 nitrogen and oxygen atoms in total. The first-order valence-corrected chi connectivity index (χ1v) is 8.29. The predicted molar refractivity (Wildman–Crippen MR) is 87.9 cm³/mol. The van der Waals surface area contributed by atoms with Crippen LogP contribution in [-0.4, -0.2) is 5.91 Å². The summed E-state index contributed by atoms with van der Waals surface area (Å²) in [7, 11) is 0. The van der Waals surface area contributed by atoms with E-state index in [1.807, 2.05) is 24.3 Å². The number of amides is 1. The van der Waals surface area contributed by atoms with E-state index in [4.69, 9.17) is 0 Å². The summed E-state index contributed by atoms with van der Waals surface area (Å²) >= 11 is 3.39. The van der Waals surface area contributed by atoms with Gasteiger partial charge < -0.3 is 5.32 Å². The third kappa shape index (κ3) is 3.78. The van der Waals surface area contributed by atoms with Gasteiger partial charge in [0.1, 0.15) is 11.6 Å². The minimum atomic E-state index is -0.490. The highest BCUT2D eigenvalue weighted by molar-refractivity contribution is 9.10. The highest BCUT2D eigenvalue weighted by Crippen LogP contribution is 2.45. The lowest BCUT2D eigenvalue weighted by Gasteiger charge is -2.18. The second kappa shape index (κ2) is 6.40. The van der Waals surface area contributed by atoms with E-state index >= 15 is 0 Å². The van der Waals surface area contributed by atoms with E-state index in [0.29, 0.717) is 0 Å². The standard InChI is InChI=1S/C18H16BrF2NO/c19-14-4-2-13(3-5-14)18(9-10-18)22-17(23)8-1-12-11-15(20)6-7-16(12)21/h2-7,11H,1,8-10H2,(H,22,23). The second-order valence-corrected chi connectivity index (χ2v) is 6.79. The van der Waals surface area contributed by atoms with E-state index < -0.39 is 11.6 Å². The van der Waals surface area contributed by atoms with Gasteiger partial charge in [0.25, 0.3) is 0 Å². The van der Waals surface area contributed by atoms with E-state index in [0.717, 1.165) is 41.1 Å². The molecule has 1 amide bonds. The van der Waals surface area contributed by atoms with Gasteiger partial charge in [-0.25, -0.2) is 8.78 Å². The summed E-state index contributed by atoms with van der Waals surface area (Å²) < 4.78 is 27.7. The highest BCUT2D eigenvalue weighted by Gasteiger charge is 2.45. The molecule has 0 unspecified atom stereocenters. The molecule has 0 spiro atoms. The lowest BCUT2D eigenvalue weighted by Crippen LogP contribution is -2.35. The monoisotopic (exact) mass is 379 g/mol. The van der Waals surface area contributed by atoms with Gasteiger partial charge in [0.05, 0.1) is 5.54 Å². The summed E-state index contributed by atoms with van der Waals surface area (Å²) in [6.45, 7) is 0. The molecule has 2 aromatic rings. The van der Waals surface area contributed by atoms with Gasteiger partial charge >= 0.3 is 0 Å². The van der Waals surface area contributed by atoms with Crippen LogP contribution in [-0.2, 0) is 16.8 Å². The van der Waals surface area contributed by atoms with Crippen LogP contribution >= 0.6 is 15.9 Å². The van der Waals surface area contributed by atoms with Crippen LogP contribution in [0.2, 0.25) is 0 Å². The third-order valence-electron chi connectivity index (χ3n) is 4.15. The maximum absolute atomic E-state index is 13.6. The van der Waals surface area contributed by atoms with Gasteiger partial charge in [-0.2, -0.15) is 0 Å². The van der Waals surface area contributed by atoms with Crippen molar-refractivity contribution in [2.45, 2.75) is 31.2 Å². The van der Waals surface area contributed by atoms with Crippen LogP contribution in [0, 0.1) is 11.6 Å². The quantitative estimate of drug-likeness (QED) is 0.815. The van der Waals surface area contributed by atoms with Crippen molar-refractivity contribution in [2.24, 2.45) is 0 Å². The average Bonchev–Trinajstić information content (AvgIpc) is 3.29. The number of hydrogen-bond acceptors (Lipinski definition) is 1. The molecule has 1 saturated carbocycles. The number of benzene rings is 2. The Morgan fingerprint density at radius 3 is 2.48 bits per heavy atom. The first-order chi connectivity index (χ1) is 11.0. The van der Waals surface area contributed by atoms with Crippen LogP contribution in [0.5, 0.6) is 0 Å². The smallest absolute Gasteiger partial charge is 0.221 e. The Morgan fingerprint density at radius 1 is 1.13 bits per heavy atom. The van der Waals surface area contributed by atoms with Crippen molar-refractivity contribution in [1.82, 2.24) is 5.32 Å². The maximum Gasteiger partial charge on any atom is 0.221 e. The number of nitrogens with one attached hydrogen (secondary N) is 1. The van der Waals surface area contributed by atoms with E-state index in [9.17, 15) is 13.6 Å². The molecule has 1 N–H and O–H groups in total. The number of carbonyl (C=O) groups excluding carboxylic acids is 1. The molecule has 1 aliphatic rings. The zero-order valence-corrected chi connectivity index (χ0v) is 14.0. The molecule has 23 heavy (non-hydrogen) atoms. The van der Waals surface area contributed by atoms with Crippen molar-refractivity contribution in [2.75, 3.05) is 0 Å². The fraction of sp³-hybridized carbons (Fsp3) is 0.278. The molecule has 0 bridgehead atoms. The van der Waals surface area contributed by atoms with E-state index in [-0.39, 0.29) is 29.9 Å². The Hall–Kier alpha value is -1.75. The molecule has 2 aromatic carbocycles.